The lowest BCUT2D eigenvalue weighted by Gasteiger charge is -2.09. The van der Waals surface area contributed by atoms with Gasteiger partial charge in [-0.1, -0.05) is 0 Å². The van der Waals surface area contributed by atoms with E-state index < -0.39 is 11.4 Å². The molecule has 0 heterocycles. The highest BCUT2D eigenvalue weighted by Crippen LogP contribution is 2.26. The van der Waals surface area contributed by atoms with E-state index in [1.165, 1.54) is 25.3 Å². The predicted octanol–water partition coefficient (Wildman–Crippen LogP) is 0.603. The SMILES string of the molecule is COc1cc(C(=O)OCCOCCOCCON(O)O)ccc1O. The largest absolute Gasteiger partial charge is 0.504 e. The van der Waals surface area contributed by atoms with Crippen molar-refractivity contribution < 1.29 is 44.1 Å². The topological polar surface area (TPSA) is 127 Å². The van der Waals surface area contributed by atoms with Crippen molar-refractivity contribution in [2.45, 2.75) is 0 Å². The fourth-order valence-corrected chi connectivity index (χ4v) is 1.58. The molecule has 0 saturated carbocycles. The summed E-state index contributed by atoms with van der Waals surface area (Å²) in [5.41, 5.74) is 0.259. The second-order valence-corrected chi connectivity index (χ2v) is 4.33. The van der Waals surface area contributed by atoms with Gasteiger partial charge in [-0.15, -0.1) is 0 Å². The van der Waals surface area contributed by atoms with Crippen LogP contribution in [0.3, 0.4) is 0 Å². The van der Waals surface area contributed by atoms with E-state index in [0.29, 0.717) is 0 Å². The molecule has 0 fully saturated rings. The van der Waals surface area contributed by atoms with Gasteiger partial charge in [-0.05, 0) is 18.2 Å². The fraction of sp³-hybridized carbons (Fsp3) is 0.500. The number of aromatic hydroxyl groups is 1. The summed E-state index contributed by atoms with van der Waals surface area (Å²) >= 11 is 0. The van der Waals surface area contributed by atoms with Crippen molar-refractivity contribution in [1.29, 1.82) is 0 Å². The van der Waals surface area contributed by atoms with Gasteiger partial charge in [-0.25, -0.2) is 9.63 Å². The number of esters is 1. The number of methoxy groups -OCH3 is 1. The number of carbonyl (C=O) groups excluding carboxylic acids is 1. The van der Waals surface area contributed by atoms with Gasteiger partial charge in [-0.2, -0.15) is 0 Å². The lowest BCUT2D eigenvalue weighted by atomic mass is 10.2. The highest BCUT2D eigenvalue weighted by atomic mass is 17.1. The molecule has 1 aromatic carbocycles. The van der Waals surface area contributed by atoms with Crippen molar-refractivity contribution in [3.05, 3.63) is 23.8 Å². The second-order valence-electron chi connectivity index (χ2n) is 4.33. The summed E-state index contributed by atoms with van der Waals surface area (Å²) in [7, 11) is 1.38. The van der Waals surface area contributed by atoms with E-state index in [4.69, 9.17) is 29.4 Å². The van der Waals surface area contributed by atoms with Crippen LogP contribution in [0.1, 0.15) is 10.4 Å². The standard InChI is InChI=1S/C14H21NO9/c1-20-13-10-11(2-3-12(13)16)14(17)23-8-6-21-4-5-22-7-9-24-15(18)19/h2-3,10,16,18-19H,4-9H2,1H3. The maximum absolute atomic E-state index is 11.8. The molecule has 136 valence electrons. The molecule has 0 bridgehead atoms. The number of carbonyl (C=O) groups is 1. The van der Waals surface area contributed by atoms with Crippen molar-refractivity contribution in [2.24, 2.45) is 0 Å². The van der Waals surface area contributed by atoms with Crippen LogP contribution in [0.5, 0.6) is 11.5 Å². The third-order valence-electron chi connectivity index (χ3n) is 2.68. The molecule has 0 aliphatic carbocycles. The van der Waals surface area contributed by atoms with Gasteiger partial charge in [0.25, 0.3) is 0 Å². The number of hydrogen-bond donors (Lipinski definition) is 3. The minimum absolute atomic E-state index is 0.0132. The third kappa shape index (κ3) is 8.06. The number of hydrogen-bond acceptors (Lipinski definition) is 10. The first-order valence-corrected chi connectivity index (χ1v) is 7.05. The molecule has 1 aromatic rings. The Kier molecular flexibility index (Phi) is 9.68. The van der Waals surface area contributed by atoms with Gasteiger partial charge in [0.2, 0.25) is 0 Å². The molecule has 0 aliphatic heterocycles. The first-order valence-electron chi connectivity index (χ1n) is 7.05. The maximum atomic E-state index is 11.8. The molecular weight excluding hydrogens is 326 g/mol. The summed E-state index contributed by atoms with van der Waals surface area (Å²) in [6.07, 6.45) is 0. The molecule has 24 heavy (non-hydrogen) atoms. The molecule has 0 saturated heterocycles. The van der Waals surface area contributed by atoms with Gasteiger partial charge in [0.1, 0.15) is 6.61 Å². The molecule has 10 nitrogen and oxygen atoms in total. The van der Waals surface area contributed by atoms with Crippen LogP contribution in [0.4, 0.5) is 0 Å². The lowest BCUT2D eigenvalue weighted by Crippen LogP contribution is -2.19. The van der Waals surface area contributed by atoms with Crippen molar-refractivity contribution >= 4 is 5.97 Å². The van der Waals surface area contributed by atoms with Crippen LogP contribution in [-0.2, 0) is 19.0 Å². The zero-order valence-electron chi connectivity index (χ0n) is 13.2. The monoisotopic (exact) mass is 347 g/mol. The van der Waals surface area contributed by atoms with E-state index in [2.05, 4.69) is 4.84 Å². The molecule has 0 aliphatic rings. The number of benzene rings is 1. The first-order chi connectivity index (χ1) is 11.5. The summed E-state index contributed by atoms with van der Waals surface area (Å²) in [6, 6.07) is 4.16. The lowest BCUT2D eigenvalue weighted by molar-refractivity contribution is -0.493. The zero-order chi connectivity index (χ0) is 17.8. The number of rotatable bonds is 12. The van der Waals surface area contributed by atoms with Gasteiger partial charge >= 0.3 is 5.97 Å². The van der Waals surface area contributed by atoms with Crippen LogP contribution in [0.25, 0.3) is 0 Å². The summed E-state index contributed by atoms with van der Waals surface area (Å²) < 4.78 is 20.2. The highest BCUT2D eigenvalue weighted by Gasteiger charge is 2.10. The number of nitrogens with zero attached hydrogens (tertiary/aromatic N) is 1. The van der Waals surface area contributed by atoms with Crippen LogP contribution in [0.15, 0.2) is 18.2 Å². The quantitative estimate of drug-likeness (QED) is 0.281. The molecule has 0 aromatic heterocycles. The van der Waals surface area contributed by atoms with Crippen LogP contribution in [-0.4, -0.2) is 73.6 Å². The first kappa shape index (κ1) is 20.1. The van der Waals surface area contributed by atoms with E-state index in [-0.39, 0.29) is 56.7 Å². The minimum atomic E-state index is -0.553. The Hall–Kier alpha value is -1.95. The van der Waals surface area contributed by atoms with Gasteiger partial charge in [0, 0.05) is 0 Å². The van der Waals surface area contributed by atoms with Gasteiger partial charge in [0.05, 0.1) is 51.1 Å². The highest BCUT2D eigenvalue weighted by molar-refractivity contribution is 5.90. The Labute approximate surface area is 138 Å². The fourth-order valence-electron chi connectivity index (χ4n) is 1.58. The van der Waals surface area contributed by atoms with E-state index in [0.717, 1.165) is 0 Å². The molecule has 10 heteroatoms. The summed E-state index contributed by atoms with van der Waals surface area (Å²) in [5.74, 6) is -0.427. The van der Waals surface area contributed by atoms with Crippen LogP contribution in [0, 0.1) is 0 Å². The van der Waals surface area contributed by atoms with E-state index >= 15 is 0 Å². The van der Waals surface area contributed by atoms with Crippen LogP contribution in [0.2, 0.25) is 0 Å². The summed E-state index contributed by atoms with van der Waals surface area (Å²) in [4.78, 5) is 16.1. The molecule has 0 spiro atoms. The van der Waals surface area contributed by atoms with Crippen molar-refractivity contribution in [1.82, 2.24) is 5.39 Å². The number of ether oxygens (including phenoxy) is 4. The molecular formula is C14H21NO9. The second kappa shape index (κ2) is 11.6. The predicted molar refractivity (Wildman–Crippen MR) is 77.9 cm³/mol. The van der Waals surface area contributed by atoms with E-state index in [1.54, 1.807) is 0 Å². The number of phenolic OH excluding ortho intramolecular Hbond substituents is 1. The van der Waals surface area contributed by atoms with Crippen LogP contribution >= 0.6 is 0 Å². The van der Waals surface area contributed by atoms with E-state index in [1.807, 2.05) is 0 Å². The zero-order valence-corrected chi connectivity index (χ0v) is 13.2. The Balaban J connectivity index is 2.08. The van der Waals surface area contributed by atoms with Gasteiger partial charge in [-0.3, -0.25) is 10.4 Å². The average molecular weight is 347 g/mol. The van der Waals surface area contributed by atoms with Crippen LogP contribution < -0.4 is 4.74 Å². The Morgan fingerprint density at radius 2 is 1.67 bits per heavy atom. The Morgan fingerprint density at radius 3 is 2.29 bits per heavy atom. The molecule has 3 N–H and O–H groups in total. The normalized spacial score (nSPS) is 10.8. The molecule has 0 radical (unpaired) electrons. The van der Waals surface area contributed by atoms with E-state index in [9.17, 15) is 9.90 Å². The van der Waals surface area contributed by atoms with Gasteiger partial charge < -0.3 is 24.1 Å². The Morgan fingerprint density at radius 1 is 1.04 bits per heavy atom. The van der Waals surface area contributed by atoms with Crippen molar-refractivity contribution in [3.63, 3.8) is 0 Å². The van der Waals surface area contributed by atoms with Gasteiger partial charge in [0.15, 0.2) is 11.5 Å². The molecule has 0 atom stereocenters. The average Bonchev–Trinajstić information content (AvgIpc) is 2.56. The maximum Gasteiger partial charge on any atom is 0.338 e. The number of phenols is 1. The molecule has 1 rings (SSSR count). The van der Waals surface area contributed by atoms with Crippen molar-refractivity contribution in [3.8, 4) is 11.5 Å². The molecule has 0 unspecified atom stereocenters. The van der Waals surface area contributed by atoms with Crippen molar-refractivity contribution in [2.75, 3.05) is 46.8 Å². The summed E-state index contributed by atoms with van der Waals surface area (Å²) in [6.45, 7) is 0.978. The molecule has 0 amide bonds. The minimum Gasteiger partial charge on any atom is -0.504 e. The third-order valence-corrected chi connectivity index (χ3v) is 2.68. The smallest absolute Gasteiger partial charge is 0.338 e. The Bertz CT molecular complexity index is 495. The summed E-state index contributed by atoms with van der Waals surface area (Å²) in [5, 5.41) is 25.6.